The Morgan fingerprint density at radius 3 is 2.81 bits per heavy atom. The fourth-order valence-corrected chi connectivity index (χ4v) is 2.28. The highest BCUT2D eigenvalue weighted by molar-refractivity contribution is 14.1. The number of aromatic nitrogens is 3. The predicted molar refractivity (Wildman–Crippen MR) is 82.1 cm³/mol. The number of nitrogens with zero attached hydrogens (tertiary/aromatic N) is 3. The topological polar surface area (TPSA) is 123 Å². The maximum atomic E-state index is 11.9. The van der Waals surface area contributed by atoms with Gasteiger partial charge in [-0.1, -0.05) is 12.1 Å². The van der Waals surface area contributed by atoms with Gasteiger partial charge in [0.2, 0.25) is 11.9 Å². The normalized spacial score (nSPS) is 11.9. The van der Waals surface area contributed by atoms with Crippen LogP contribution in [-0.2, 0) is 16.1 Å². The number of anilines is 1. The Hall–Kier alpha value is -2.17. The molecule has 0 fully saturated rings. The monoisotopic (exact) mass is 401 g/mol. The Labute approximate surface area is 133 Å². The van der Waals surface area contributed by atoms with E-state index >= 15 is 0 Å². The third-order valence-corrected chi connectivity index (χ3v) is 3.27. The van der Waals surface area contributed by atoms with Gasteiger partial charge in [-0.2, -0.15) is 0 Å². The third-order valence-electron chi connectivity index (χ3n) is 2.59. The van der Waals surface area contributed by atoms with E-state index in [1.165, 1.54) is 11.0 Å². The number of aliphatic carboxylic acids is 1. The Kier molecular flexibility index (Phi) is 4.73. The van der Waals surface area contributed by atoms with Gasteiger partial charge in [-0.05, 0) is 40.3 Å². The van der Waals surface area contributed by atoms with Crippen LogP contribution in [0.15, 0.2) is 30.6 Å². The van der Waals surface area contributed by atoms with Gasteiger partial charge in [0, 0.05) is 3.57 Å². The summed E-state index contributed by atoms with van der Waals surface area (Å²) in [5.41, 5.74) is 5.84. The van der Waals surface area contributed by atoms with Crippen molar-refractivity contribution in [2.24, 2.45) is 0 Å². The number of nitrogens with two attached hydrogens (primary N) is 1. The molecule has 2 aromatic rings. The van der Waals surface area contributed by atoms with E-state index in [9.17, 15) is 14.7 Å². The molecular weight excluding hydrogens is 389 g/mol. The van der Waals surface area contributed by atoms with Gasteiger partial charge in [0.15, 0.2) is 6.04 Å². The zero-order valence-corrected chi connectivity index (χ0v) is 12.9. The Morgan fingerprint density at radius 2 is 2.24 bits per heavy atom. The second kappa shape index (κ2) is 6.52. The van der Waals surface area contributed by atoms with E-state index in [1.54, 1.807) is 18.2 Å². The number of hydrogen-bond acceptors (Lipinski definition) is 5. The second-order valence-corrected chi connectivity index (χ2v) is 5.44. The summed E-state index contributed by atoms with van der Waals surface area (Å²) in [4.78, 5) is 26.9. The lowest BCUT2D eigenvalue weighted by Gasteiger charge is -2.15. The number of carbonyl (C=O) groups is 2. The van der Waals surface area contributed by atoms with Crippen molar-refractivity contribution in [3.63, 3.8) is 0 Å². The molecule has 4 N–H and O–H groups in total. The van der Waals surface area contributed by atoms with E-state index in [4.69, 9.17) is 5.73 Å². The van der Waals surface area contributed by atoms with Crippen LogP contribution in [0, 0.1) is 3.57 Å². The number of carboxylic acid groups (broad SMARTS) is 1. The first-order chi connectivity index (χ1) is 9.95. The van der Waals surface area contributed by atoms with Gasteiger partial charge in [-0.15, -0.1) is 5.10 Å². The highest BCUT2D eigenvalue weighted by atomic mass is 127. The molecule has 21 heavy (non-hydrogen) atoms. The van der Waals surface area contributed by atoms with Crippen molar-refractivity contribution in [3.8, 4) is 0 Å². The average molecular weight is 401 g/mol. The fourth-order valence-electron chi connectivity index (χ4n) is 1.71. The number of amides is 1. The van der Waals surface area contributed by atoms with Crippen molar-refractivity contribution in [2.75, 3.05) is 5.73 Å². The zero-order chi connectivity index (χ0) is 15.4. The Morgan fingerprint density at radius 1 is 1.48 bits per heavy atom. The van der Waals surface area contributed by atoms with Crippen molar-refractivity contribution in [2.45, 2.75) is 12.6 Å². The van der Waals surface area contributed by atoms with Gasteiger partial charge in [0.05, 0.1) is 0 Å². The summed E-state index contributed by atoms with van der Waals surface area (Å²) in [6.07, 6.45) is 1.30. The van der Waals surface area contributed by atoms with E-state index in [2.05, 4.69) is 38.0 Å². The van der Waals surface area contributed by atoms with E-state index in [-0.39, 0.29) is 12.5 Å². The van der Waals surface area contributed by atoms with Crippen molar-refractivity contribution < 1.29 is 14.7 Å². The van der Waals surface area contributed by atoms with Crippen LogP contribution in [-0.4, -0.2) is 31.7 Å². The number of benzene rings is 1. The van der Waals surface area contributed by atoms with Crippen LogP contribution < -0.4 is 11.1 Å². The number of nitrogen functional groups attached to an aromatic ring is 1. The molecule has 1 aromatic heterocycles. The molecule has 0 saturated carbocycles. The molecule has 110 valence electrons. The lowest BCUT2D eigenvalue weighted by atomic mass is 10.1. The molecule has 1 amide bonds. The van der Waals surface area contributed by atoms with E-state index in [0.717, 1.165) is 3.57 Å². The second-order valence-electron chi connectivity index (χ2n) is 4.19. The van der Waals surface area contributed by atoms with Crippen LogP contribution in [0.1, 0.15) is 11.6 Å². The molecular formula is C12H12IN5O3. The molecule has 0 saturated heterocycles. The summed E-state index contributed by atoms with van der Waals surface area (Å²) in [6.45, 7) is -0.155. The van der Waals surface area contributed by atoms with Gasteiger partial charge in [-0.3, -0.25) is 4.79 Å². The SMILES string of the molecule is Nc1ncn(CC(=O)NC(C(=O)O)c2cccc(I)c2)n1. The van der Waals surface area contributed by atoms with Gasteiger partial charge < -0.3 is 16.2 Å². The van der Waals surface area contributed by atoms with Gasteiger partial charge in [0.1, 0.15) is 12.9 Å². The first-order valence-corrected chi connectivity index (χ1v) is 6.96. The van der Waals surface area contributed by atoms with Crippen LogP contribution in [0.25, 0.3) is 0 Å². The van der Waals surface area contributed by atoms with Gasteiger partial charge in [-0.25, -0.2) is 14.5 Å². The molecule has 1 unspecified atom stereocenters. The van der Waals surface area contributed by atoms with Crippen molar-refractivity contribution >= 4 is 40.4 Å². The molecule has 1 aromatic carbocycles. The molecule has 0 radical (unpaired) electrons. The minimum absolute atomic E-state index is 0.0511. The molecule has 1 heterocycles. The number of carboxylic acids is 1. The van der Waals surface area contributed by atoms with Crippen LogP contribution >= 0.6 is 22.6 Å². The Bertz CT molecular complexity index is 672. The highest BCUT2D eigenvalue weighted by Gasteiger charge is 2.22. The van der Waals surface area contributed by atoms with Crippen molar-refractivity contribution in [3.05, 3.63) is 39.7 Å². The van der Waals surface area contributed by atoms with Crippen LogP contribution in [0.3, 0.4) is 0 Å². The molecule has 2 rings (SSSR count). The molecule has 9 heteroatoms. The van der Waals surface area contributed by atoms with E-state index in [1.807, 2.05) is 6.07 Å². The van der Waals surface area contributed by atoms with Gasteiger partial charge in [0.25, 0.3) is 0 Å². The van der Waals surface area contributed by atoms with Crippen LogP contribution in [0.2, 0.25) is 0 Å². The summed E-state index contributed by atoms with van der Waals surface area (Å²) in [7, 11) is 0. The number of rotatable bonds is 5. The minimum Gasteiger partial charge on any atom is -0.479 e. The summed E-state index contributed by atoms with van der Waals surface area (Å²) < 4.78 is 2.12. The van der Waals surface area contributed by atoms with Crippen molar-refractivity contribution in [1.29, 1.82) is 0 Å². The van der Waals surface area contributed by atoms with E-state index < -0.39 is 17.9 Å². The molecule has 0 aliphatic rings. The van der Waals surface area contributed by atoms with Gasteiger partial charge >= 0.3 is 5.97 Å². The van der Waals surface area contributed by atoms with Crippen LogP contribution in [0.5, 0.6) is 0 Å². The smallest absolute Gasteiger partial charge is 0.330 e. The zero-order valence-electron chi connectivity index (χ0n) is 10.7. The molecule has 8 nitrogen and oxygen atoms in total. The number of carbonyl (C=O) groups excluding carboxylic acids is 1. The molecule has 0 aliphatic carbocycles. The summed E-state index contributed by atoms with van der Waals surface area (Å²) in [6, 6.07) is 5.80. The Balaban J connectivity index is 2.09. The number of nitrogens with one attached hydrogen (secondary N) is 1. The number of hydrogen-bond donors (Lipinski definition) is 3. The lowest BCUT2D eigenvalue weighted by Crippen LogP contribution is -2.36. The quantitative estimate of drug-likeness (QED) is 0.624. The predicted octanol–water partition coefficient (Wildman–Crippen LogP) is 0.407. The standard InChI is InChI=1S/C12H12IN5O3/c13-8-3-1-2-7(4-8)10(11(20)21)16-9(19)5-18-6-15-12(14)17-18/h1-4,6,10H,5H2,(H2,14,17)(H,16,19)(H,20,21). The lowest BCUT2D eigenvalue weighted by molar-refractivity contribution is -0.142. The first kappa shape index (κ1) is 15.2. The molecule has 0 spiro atoms. The summed E-state index contributed by atoms with van der Waals surface area (Å²) in [5.74, 6) is -1.58. The van der Waals surface area contributed by atoms with Crippen LogP contribution in [0.4, 0.5) is 5.95 Å². The summed E-state index contributed by atoms with van der Waals surface area (Å²) >= 11 is 2.08. The third kappa shape index (κ3) is 4.15. The fraction of sp³-hybridized carbons (Fsp3) is 0.167. The maximum Gasteiger partial charge on any atom is 0.330 e. The minimum atomic E-state index is -1.14. The molecule has 0 bridgehead atoms. The maximum absolute atomic E-state index is 11.9. The van der Waals surface area contributed by atoms with E-state index in [0.29, 0.717) is 5.56 Å². The molecule has 0 aliphatic heterocycles. The highest BCUT2D eigenvalue weighted by Crippen LogP contribution is 2.16. The first-order valence-electron chi connectivity index (χ1n) is 5.88. The summed E-state index contributed by atoms with van der Waals surface area (Å²) in [5, 5.41) is 15.5. The largest absolute Gasteiger partial charge is 0.479 e. The number of halogens is 1. The van der Waals surface area contributed by atoms with Crippen molar-refractivity contribution in [1.82, 2.24) is 20.1 Å². The molecule has 1 atom stereocenters. The average Bonchev–Trinajstić information content (AvgIpc) is 2.81.